The average molecular weight is 390 g/mol. The third-order valence-corrected chi connectivity index (χ3v) is 4.58. The quantitative estimate of drug-likeness (QED) is 0.439. The molecule has 4 rings (SSSR count). The van der Waals surface area contributed by atoms with Crippen LogP contribution in [0.5, 0.6) is 11.5 Å². The number of hydrogen-bond acceptors (Lipinski definition) is 5. The van der Waals surface area contributed by atoms with Crippen LogP contribution in [-0.2, 0) is 6.61 Å². The first kappa shape index (κ1) is 18.7. The van der Waals surface area contributed by atoms with Crippen LogP contribution >= 0.6 is 0 Å². The lowest BCUT2D eigenvalue weighted by molar-refractivity contribution is 0.284. The maximum absolute atomic E-state index is 13.1. The molecule has 3 aromatic carbocycles. The van der Waals surface area contributed by atoms with Gasteiger partial charge in [-0.1, -0.05) is 29.4 Å². The zero-order valence-corrected chi connectivity index (χ0v) is 16.1. The highest BCUT2D eigenvalue weighted by Crippen LogP contribution is 2.33. The van der Waals surface area contributed by atoms with Crippen LogP contribution in [0.3, 0.4) is 0 Å². The second-order valence-corrected chi connectivity index (χ2v) is 6.51. The van der Waals surface area contributed by atoms with Crippen LogP contribution in [-0.4, -0.2) is 17.3 Å². The molecule has 0 aliphatic heterocycles. The highest BCUT2D eigenvalue weighted by molar-refractivity contribution is 5.63. The number of aryl methyl sites for hydroxylation is 1. The number of aromatic nitrogens is 2. The lowest BCUT2D eigenvalue weighted by Crippen LogP contribution is -1.99. The molecule has 0 unspecified atom stereocenters. The van der Waals surface area contributed by atoms with Gasteiger partial charge in [0, 0.05) is 11.1 Å². The van der Waals surface area contributed by atoms with Crippen molar-refractivity contribution in [3.63, 3.8) is 0 Å². The molecule has 0 radical (unpaired) electrons. The second kappa shape index (κ2) is 8.14. The Kier molecular flexibility index (Phi) is 5.24. The van der Waals surface area contributed by atoms with Crippen LogP contribution in [0.25, 0.3) is 22.8 Å². The molecule has 0 saturated heterocycles. The van der Waals surface area contributed by atoms with E-state index in [2.05, 4.69) is 10.1 Å². The van der Waals surface area contributed by atoms with Gasteiger partial charge < -0.3 is 14.0 Å². The van der Waals surface area contributed by atoms with E-state index in [-0.39, 0.29) is 5.82 Å². The van der Waals surface area contributed by atoms with Gasteiger partial charge in [-0.3, -0.25) is 0 Å². The number of hydrogen-bond donors (Lipinski definition) is 0. The number of nitrogens with zero attached hydrogens (tertiary/aromatic N) is 2. The van der Waals surface area contributed by atoms with E-state index in [4.69, 9.17) is 14.0 Å². The number of methoxy groups -OCH3 is 1. The summed E-state index contributed by atoms with van der Waals surface area (Å²) in [5.41, 5.74) is 3.65. The predicted molar refractivity (Wildman–Crippen MR) is 107 cm³/mol. The summed E-state index contributed by atoms with van der Waals surface area (Å²) in [5, 5.41) is 4.02. The highest BCUT2D eigenvalue weighted by atomic mass is 19.1. The van der Waals surface area contributed by atoms with Crippen molar-refractivity contribution in [2.75, 3.05) is 7.11 Å². The summed E-state index contributed by atoms with van der Waals surface area (Å²) in [5.74, 6) is 1.61. The topological polar surface area (TPSA) is 57.4 Å². The lowest BCUT2D eigenvalue weighted by atomic mass is 10.1. The number of ether oxygens (including phenoxy) is 2. The Bertz CT molecular complexity index is 1120. The molecule has 5 nitrogen and oxygen atoms in total. The van der Waals surface area contributed by atoms with Crippen LogP contribution < -0.4 is 9.47 Å². The Morgan fingerprint density at radius 1 is 0.931 bits per heavy atom. The lowest BCUT2D eigenvalue weighted by Gasteiger charge is -2.12. The van der Waals surface area contributed by atoms with Gasteiger partial charge in [0.25, 0.3) is 5.89 Å². The van der Waals surface area contributed by atoms with Crippen LogP contribution in [0.15, 0.2) is 71.3 Å². The molecule has 1 heterocycles. The van der Waals surface area contributed by atoms with E-state index in [1.807, 2.05) is 43.3 Å². The third-order valence-electron chi connectivity index (χ3n) is 4.58. The molecule has 0 amide bonds. The Hall–Kier alpha value is -3.67. The van der Waals surface area contributed by atoms with Crippen molar-refractivity contribution < 1.29 is 18.4 Å². The Morgan fingerprint density at radius 2 is 1.69 bits per heavy atom. The Morgan fingerprint density at radius 3 is 2.45 bits per heavy atom. The van der Waals surface area contributed by atoms with Gasteiger partial charge in [0.1, 0.15) is 12.4 Å². The minimum absolute atomic E-state index is 0.318. The summed E-state index contributed by atoms with van der Waals surface area (Å²) in [7, 11) is 1.58. The van der Waals surface area contributed by atoms with Crippen molar-refractivity contribution in [2.45, 2.75) is 13.5 Å². The number of benzene rings is 3. The van der Waals surface area contributed by atoms with Crippen molar-refractivity contribution in [3.8, 4) is 34.3 Å². The summed E-state index contributed by atoms with van der Waals surface area (Å²) >= 11 is 0. The number of rotatable bonds is 6. The standard InChI is InChI=1S/C23H19FN2O3/c1-15-5-3-4-6-18(15)14-28-20-12-9-17(13-21(20)27-2)22-25-23(29-26-22)16-7-10-19(24)11-8-16/h3-13H,14H2,1-2H3. The van der Waals surface area contributed by atoms with Crippen molar-refractivity contribution in [1.82, 2.24) is 10.1 Å². The van der Waals surface area contributed by atoms with E-state index < -0.39 is 0 Å². The van der Waals surface area contributed by atoms with Crippen LogP contribution in [0.2, 0.25) is 0 Å². The van der Waals surface area contributed by atoms with E-state index in [1.165, 1.54) is 17.7 Å². The van der Waals surface area contributed by atoms with Crippen molar-refractivity contribution >= 4 is 0 Å². The molecule has 0 aliphatic carbocycles. The zero-order valence-electron chi connectivity index (χ0n) is 16.1. The molecule has 0 fully saturated rings. The molecule has 0 bridgehead atoms. The highest BCUT2D eigenvalue weighted by Gasteiger charge is 2.14. The van der Waals surface area contributed by atoms with Gasteiger partial charge in [-0.15, -0.1) is 0 Å². The first-order valence-corrected chi connectivity index (χ1v) is 9.09. The van der Waals surface area contributed by atoms with Gasteiger partial charge in [-0.2, -0.15) is 4.98 Å². The maximum Gasteiger partial charge on any atom is 0.258 e. The smallest absolute Gasteiger partial charge is 0.258 e. The fraction of sp³-hybridized carbons (Fsp3) is 0.130. The van der Waals surface area contributed by atoms with E-state index in [0.29, 0.717) is 35.4 Å². The van der Waals surface area contributed by atoms with Gasteiger partial charge in [0.2, 0.25) is 5.82 Å². The maximum atomic E-state index is 13.1. The van der Waals surface area contributed by atoms with E-state index >= 15 is 0 Å². The Balaban J connectivity index is 1.55. The third kappa shape index (κ3) is 4.11. The van der Waals surface area contributed by atoms with Gasteiger partial charge in [-0.25, -0.2) is 4.39 Å². The molecule has 0 spiro atoms. The van der Waals surface area contributed by atoms with E-state index in [1.54, 1.807) is 25.3 Å². The molecular weight excluding hydrogens is 371 g/mol. The first-order chi connectivity index (χ1) is 14.1. The molecule has 0 aliphatic rings. The molecule has 1 aromatic heterocycles. The van der Waals surface area contributed by atoms with Crippen molar-refractivity contribution in [1.29, 1.82) is 0 Å². The molecule has 0 N–H and O–H groups in total. The van der Waals surface area contributed by atoms with Crippen molar-refractivity contribution in [2.24, 2.45) is 0 Å². The van der Waals surface area contributed by atoms with E-state index in [9.17, 15) is 4.39 Å². The molecule has 0 atom stereocenters. The molecule has 146 valence electrons. The molecule has 29 heavy (non-hydrogen) atoms. The SMILES string of the molecule is COc1cc(-c2noc(-c3ccc(F)cc3)n2)ccc1OCc1ccccc1C. The zero-order chi connectivity index (χ0) is 20.2. The fourth-order valence-corrected chi connectivity index (χ4v) is 2.90. The first-order valence-electron chi connectivity index (χ1n) is 9.09. The summed E-state index contributed by atoms with van der Waals surface area (Å²) in [6, 6.07) is 19.4. The fourth-order valence-electron chi connectivity index (χ4n) is 2.90. The largest absolute Gasteiger partial charge is 0.493 e. The summed E-state index contributed by atoms with van der Waals surface area (Å²) in [4.78, 5) is 4.39. The summed E-state index contributed by atoms with van der Waals surface area (Å²) < 4.78 is 29.8. The monoisotopic (exact) mass is 390 g/mol. The van der Waals surface area contributed by atoms with Crippen LogP contribution in [0.1, 0.15) is 11.1 Å². The molecule has 4 aromatic rings. The van der Waals surface area contributed by atoms with Crippen LogP contribution in [0.4, 0.5) is 4.39 Å². The minimum Gasteiger partial charge on any atom is -0.493 e. The van der Waals surface area contributed by atoms with Crippen molar-refractivity contribution in [3.05, 3.63) is 83.7 Å². The van der Waals surface area contributed by atoms with Gasteiger partial charge in [0.15, 0.2) is 11.5 Å². The molecular formula is C23H19FN2O3. The average Bonchev–Trinajstić information content (AvgIpc) is 3.24. The minimum atomic E-state index is -0.320. The van der Waals surface area contributed by atoms with Gasteiger partial charge in [0.05, 0.1) is 7.11 Å². The molecule has 6 heteroatoms. The molecule has 0 saturated carbocycles. The second-order valence-electron chi connectivity index (χ2n) is 6.51. The normalized spacial score (nSPS) is 10.7. The van der Waals surface area contributed by atoms with Crippen LogP contribution in [0, 0.1) is 12.7 Å². The Labute approximate surface area is 167 Å². The summed E-state index contributed by atoms with van der Waals surface area (Å²) in [6.45, 7) is 2.49. The summed E-state index contributed by atoms with van der Waals surface area (Å²) in [6.07, 6.45) is 0. The van der Waals surface area contributed by atoms with E-state index in [0.717, 1.165) is 11.1 Å². The number of halogens is 1. The van der Waals surface area contributed by atoms with Gasteiger partial charge >= 0.3 is 0 Å². The van der Waals surface area contributed by atoms with Gasteiger partial charge in [-0.05, 0) is 60.5 Å². The predicted octanol–water partition coefficient (Wildman–Crippen LogP) is 5.44.